The average Bonchev–Trinajstić information content (AvgIpc) is 2.63. The SMILES string of the molecule is CC(=O)Oc1ccc(C(=O)Nc2ccc(Oc3cccc(C)c3)cc2)cc1. The Labute approximate surface area is 157 Å². The number of aryl methyl sites for hydroxylation is 1. The molecular weight excluding hydrogens is 342 g/mol. The van der Waals surface area contributed by atoms with Gasteiger partial charge < -0.3 is 14.8 Å². The van der Waals surface area contributed by atoms with Crippen LogP contribution in [0.15, 0.2) is 72.8 Å². The van der Waals surface area contributed by atoms with Crippen molar-refractivity contribution < 1.29 is 19.1 Å². The van der Waals surface area contributed by atoms with Crippen molar-refractivity contribution in [2.75, 3.05) is 5.32 Å². The molecule has 0 saturated heterocycles. The van der Waals surface area contributed by atoms with Crippen LogP contribution >= 0.6 is 0 Å². The normalized spacial score (nSPS) is 10.1. The van der Waals surface area contributed by atoms with Crippen molar-refractivity contribution in [2.24, 2.45) is 0 Å². The van der Waals surface area contributed by atoms with Gasteiger partial charge in [0.25, 0.3) is 5.91 Å². The number of carbonyl (C=O) groups excluding carboxylic acids is 2. The lowest BCUT2D eigenvalue weighted by Crippen LogP contribution is -2.11. The molecule has 5 nitrogen and oxygen atoms in total. The number of carbonyl (C=O) groups is 2. The summed E-state index contributed by atoms with van der Waals surface area (Å²) in [6.07, 6.45) is 0. The molecule has 0 aliphatic rings. The van der Waals surface area contributed by atoms with Gasteiger partial charge in [0.05, 0.1) is 0 Å². The quantitative estimate of drug-likeness (QED) is 0.515. The number of hydrogen-bond acceptors (Lipinski definition) is 4. The number of hydrogen-bond donors (Lipinski definition) is 1. The van der Waals surface area contributed by atoms with Crippen LogP contribution in [0.2, 0.25) is 0 Å². The number of nitrogens with one attached hydrogen (secondary N) is 1. The third-order valence-electron chi connectivity index (χ3n) is 3.72. The maximum Gasteiger partial charge on any atom is 0.308 e. The average molecular weight is 361 g/mol. The molecule has 3 aromatic carbocycles. The zero-order valence-corrected chi connectivity index (χ0v) is 15.1. The minimum atomic E-state index is -0.403. The first-order valence-electron chi connectivity index (χ1n) is 8.44. The lowest BCUT2D eigenvalue weighted by Gasteiger charge is -2.09. The fourth-order valence-corrected chi connectivity index (χ4v) is 2.46. The number of esters is 1. The highest BCUT2D eigenvalue weighted by molar-refractivity contribution is 6.04. The van der Waals surface area contributed by atoms with E-state index in [1.165, 1.54) is 6.92 Å². The van der Waals surface area contributed by atoms with Crippen LogP contribution in [-0.2, 0) is 4.79 Å². The topological polar surface area (TPSA) is 64.6 Å². The van der Waals surface area contributed by atoms with Crippen molar-refractivity contribution >= 4 is 17.6 Å². The number of amides is 1. The predicted octanol–water partition coefficient (Wildman–Crippen LogP) is 4.96. The molecule has 0 radical (unpaired) electrons. The molecule has 0 aliphatic heterocycles. The number of rotatable bonds is 5. The highest BCUT2D eigenvalue weighted by atomic mass is 16.5. The Balaban J connectivity index is 1.62. The third kappa shape index (κ3) is 5.19. The van der Waals surface area contributed by atoms with Gasteiger partial charge in [0.2, 0.25) is 0 Å². The Morgan fingerprint density at radius 1 is 0.815 bits per heavy atom. The molecule has 0 heterocycles. The molecular formula is C22H19NO4. The second-order valence-electron chi connectivity index (χ2n) is 6.02. The molecule has 1 N–H and O–H groups in total. The monoisotopic (exact) mass is 361 g/mol. The Morgan fingerprint density at radius 2 is 1.48 bits per heavy atom. The summed E-state index contributed by atoms with van der Waals surface area (Å²) in [5.41, 5.74) is 2.24. The van der Waals surface area contributed by atoms with Crippen molar-refractivity contribution in [3.05, 3.63) is 83.9 Å². The van der Waals surface area contributed by atoms with E-state index in [1.807, 2.05) is 31.2 Å². The van der Waals surface area contributed by atoms with E-state index >= 15 is 0 Å². The van der Waals surface area contributed by atoms with E-state index < -0.39 is 5.97 Å². The van der Waals surface area contributed by atoms with Crippen LogP contribution in [0.3, 0.4) is 0 Å². The van der Waals surface area contributed by atoms with E-state index in [1.54, 1.807) is 48.5 Å². The van der Waals surface area contributed by atoms with E-state index in [-0.39, 0.29) is 5.91 Å². The summed E-state index contributed by atoms with van der Waals surface area (Å²) in [5, 5.41) is 2.82. The summed E-state index contributed by atoms with van der Waals surface area (Å²) in [6, 6.07) is 21.3. The van der Waals surface area contributed by atoms with E-state index in [4.69, 9.17) is 9.47 Å². The van der Waals surface area contributed by atoms with Crippen LogP contribution in [-0.4, -0.2) is 11.9 Å². The number of ether oxygens (including phenoxy) is 2. The smallest absolute Gasteiger partial charge is 0.308 e. The van der Waals surface area contributed by atoms with Gasteiger partial charge in [-0.3, -0.25) is 9.59 Å². The molecule has 0 atom stereocenters. The summed E-state index contributed by atoms with van der Waals surface area (Å²) < 4.78 is 10.7. The maximum atomic E-state index is 12.3. The molecule has 0 unspecified atom stereocenters. The summed E-state index contributed by atoms with van der Waals surface area (Å²) in [4.78, 5) is 23.2. The molecule has 0 fully saturated rings. The molecule has 0 saturated carbocycles. The summed E-state index contributed by atoms with van der Waals surface area (Å²) in [7, 11) is 0. The lowest BCUT2D eigenvalue weighted by atomic mass is 10.2. The Morgan fingerprint density at radius 3 is 2.11 bits per heavy atom. The highest BCUT2D eigenvalue weighted by Gasteiger charge is 2.07. The molecule has 0 bridgehead atoms. The molecule has 3 rings (SSSR count). The van der Waals surface area contributed by atoms with Crippen LogP contribution < -0.4 is 14.8 Å². The molecule has 5 heteroatoms. The molecule has 3 aromatic rings. The maximum absolute atomic E-state index is 12.3. The fraction of sp³-hybridized carbons (Fsp3) is 0.0909. The van der Waals surface area contributed by atoms with E-state index in [0.717, 1.165) is 11.3 Å². The van der Waals surface area contributed by atoms with Gasteiger partial charge in [-0.15, -0.1) is 0 Å². The van der Waals surface area contributed by atoms with Gasteiger partial charge in [0.15, 0.2) is 0 Å². The van der Waals surface area contributed by atoms with Crippen LogP contribution in [0.4, 0.5) is 5.69 Å². The molecule has 27 heavy (non-hydrogen) atoms. The minimum absolute atomic E-state index is 0.253. The Bertz CT molecular complexity index is 947. The summed E-state index contributed by atoms with van der Waals surface area (Å²) in [6.45, 7) is 3.33. The number of benzene rings is 3. The van der Waals surface area contributed by atoms with Gasteiger partial charge in [-0.1, -0.05) is 12.1 Å². The first-order valence-corrected chi connectivity index (χ1v) is 8.44. The van der Waals surface area contributed by atoms with E-state index in [9.17, 15) is 9.59 Å². The zero-order chi connectivity index (χ0) is 19.2. The minimum Gasteiger partial charge on any atom is -0.457 e. The van der Waals surface area contributed by atoms with Gasteiger partial charge in [0.1, 0.15) is 17.2 Å². The van der Waals surface area contributed by atoms with Crippen LogP contribution in [0.5, 0.6) is 17.2 Å². The highest BCUT2D eigenvalue weighted by Crippen LogP contribution is 2.24. The van der Waals surface area contributed by atoms with Gasteiger partial charge in [0, 0.05) is 18.2 Å². The molecule has 1 amide bonds. The Hall–Kier alpha value is -3.60. The first-order chi connectivity index (χ1) is 13.0. The second kappa shape index (κ2) is 8.19. The fourth-order valence-electron chi connectivity index (χ4n) is 2.46. The third-order valence-corrected chi connectivity index (χ3v) is 3.72. The van der Waals surface area contributed by atoms with E-state index in [2.05, 4.69) is 5.32 Å². The molecule has 0 spiro atoms. The van der Waals surface area contributed by atoms with Gasteiger partial charge in [-0.25, -0.2) is 0 Å². The van der Waals surface area contributed by atoms with Crippen molar-refractivity contribution in [2.45, 2.75) is 13.8 Å². The first kappa shape index (κ1) is 18.2. The van der Waals surface area contributed by atoms with Crippen LogP contribution in [0.25, 0.3) is 0 Å². The molecule has 0 aromatic heterocycles. The van der Waals surface area contributed by atoms with Crippen molar-refractivity contribution in [1.29, 1.82) is 0 Å². The van der Waals surface area contributed by atoms with Gasteiger partial charge >= 0.3 is 5.97 Å². The van der Waals surface area contributed by atoms with Crippen LogP contribution in [0, 0.1) is 6.92 Å². The van der Waals surface area contributed by atoms with Crippen molar-refractivity contribution in [1.82, 2.24) is 0 Å². The summed E-state index contributed by atoms with van der Waals surface area (Å²) >= 11 is 0. The second-order valence-corrected chi connectivity index (χ2v) is 6.02. The zero-order valence-electron chi connectivity index (χ0n) is 15.1. The van der Waals surface area contributed by atoms with Crippen LogP contribution in [0.1, 0.15) is 22.8 Å². The lowest BCUT2D eigenvalue weighted by molar-refractivity contribution is -0.131. The summed E-state index contributed by atoms with van der Waals surface area (Å²) in [5.74, 6) is 1.19. The standard InChI is InChI=1S/C22H19NO4/c1-15-4-3-5-21(14-15)27-20-12-8-18(9-13-20)23-22(25)17-6-10-19(11-7-17)26-16(2)24/h3-14H,1-2H3,(H,23,25). The van der Waals surface area contributed by atoms with Crippen molar-refractivity contribution in [3.8, 4) is 17.2 Å². The Kier molecular flexibility index (Phi) is 5.52. The molecule has 136 valence electrons. The van der Waals surface area contributed by atoms with Gasteiger partial charge in [-0.2, -0.15) is 0 Å². The van der Waals surface area contributed by atoms with Crippen molar-refractivity contribution in [3.63, 3.8) is 0 Å². The largest absolute Gasteiger partial charge is 0.457 e. The van der Waals surface area contributed by atoms with Gasteiger partial charge in [-0.05, 0) is 73.2 Å². The predicted molar refractivity (Wildman–Crippen MR) is 103 cm³/mol. The number of anilines is 1. The van der Waals surface area contributed by atoms with E-state index in [0.29, 0.717) is 22.7 Å². The molecule has 0 aliphatic carbocycles.